The highest BCUT2D eigenvalue weighted by atomic mass is 16.7. The minimum absolute atomic E-state index is 0.176. The third-order valence-corrected chi connectivity index (χ3v) is 0.975. The van der Waals surface area contributed by atoms with Gasteiger partial charge in [-0.15, -0.1) is 0 Å². The minimum Gasteiger partial charge on any atom is -0.478 e. The Kier molecular flexibility index (Phi) is 9.49. The number of ether oxygens (including phenoxy) is 1. The van der Waals surface area contributed by atoms with E-state index in [1.54, 1.807) is 0 Å². The van der Waals surface area contributed by atoms with E-state index in [-0.39, 0.29) is 12.2 Å². The Bertz CT molecular complexity index is 211. The molecule has 0 aliphatic heterocycles. The monoisotopic (exact) mass is 222 g/mol. The van der Waals surface area contributed by atoms with Crippen LogP contribution in [0, 0.1) is 0 Å². The molecule has 0 saturated heterocycles. The molecule has 4 N–H and O–H groups in total. The molecule has 0 aliphatic rings. The molecular formula is C8H14O7. The molecule has 0 saturated carbocycles. The van der Waals surface area contributed by atoms with Gasteiger partial charge in [-0.3, -0.25) is 0 Å². The van der Waals surface area contributed by atoms with Gasteiger partial charge in [-0.25, -0.2) is 9.59 Å². The van der Waals surface area contributed by atoms with Crippen LogP contribution in [0.4, 0.5) is 4.79 Å². The zero-order chi connectivity index (χ0) is 12.4. The molecule has 0 fully saturated rings. The van der Waals surface area contributed by atoms with Crippen LogP contribution < -0.4 is 0 Å². The lowest BCUT2D eigenvalue weighted by Crippen LogP contribution is -2.21. The van der Waals surface area contributed by atoms with Crippen LogP contribution in [0.5, 0.6) is 0 Å². The number of hydrogen-bond donors (Lipinski definition) is 4. The molecule has 1 atom stereocenters. The smallest absolute Gasteiger partial charge is 0.478 e. The van der Waals surface area contributed by atoms with Crippen molar-refractivity contribution in [2.24, 2.45) is 0 Å². The molecule has 0 bridgehead atoms. The molecule has 0 amide bonds. The molecule has 0 spiro atoms. The predicted octanol–water partition coefficient (Wildman–Crippen LogP) is -0.319. The zero-order valence-electron chi connectivity index (χ0n) is 8.21. The maximum Gasteiger partial charge on any atom is 0.505 e. The van der Waals surface area contributed by atoms with Gasteiger partial charge in [-0.05, 0) is 6.92 Å². The van der Waals surface area contributed by atoms with Crippen LogP contribution in [0.3, 0.4) is 0 Å². The highest BCUT2D eigenvalue weighted by Gasteiger charge is 2.03. The summed E-state index contributed by atoms with van der Waals surface area (Å²) in [6.07, 6.45) is -2.57. The molecule has 0 heterocycles. The molecule has 0 rings (SSSR count). The molecule has 88 valence electrons. The zero-order valence-corrected chi connectivity index (χ0v) is 8.21. The maximum absolute atomic E-state index is 9.60. The predicted molar refractivity (Wildman–Crippen MR) is 49.5 cm³/mol. The first-order valence-electron chi connectivity index (χ1n) is 3.84. The molecule has 0 aliphatic carbocycles. The van der Waals surface area contributed by atoms with Crippen molar-refractivity contribution in [1.82, 2.24) is 0 Å². The van der Waals surface area contributed by atoms with Crippen LogP contribution in [0.2, 0.25) is 0 Å². The van der Waals surface area contributed by atoms with E-state index in [4.69, 9.17) is 20.4 Å². The van der Waals surface area contributed by atoms with Crippen molar-refractivity contribution in [2.75, 3.05) is 13.2 Å². The number of hydrogen-bond acceptors (Lipinski definition) is 5. The molecule has 0 radical (unpaired) electrons. The number of carboxylic acid groups (broad SMARTS) is 2. The lowest BCUT2D eigenvalue weighted by atomic mass is 10.4. The third-order valence-electron chi connectivity index (χ3n) is 0.975. The summed E-state index contributed by atoms with van der Waals surface area (Å²) in [7, 11) is 0. The fourth-order valence-electron chi connectivity index (χ4n) is 0.220. The Balaban J connectivity index is 0. The second kappa shape index (κ2) is 8.97. The summed E-state index contributed by atoms with van der Waals surface area (Å²) < 4.78 is 3.90. The normalized spacial score (nSPS) is 10.6. The van der Waals surface area contributed by atoms with Crippen LogP contribution >= 0.6 is 0 Å². The van der Waals surface area contributed by atoms with Crippen molar-refractivity contribution in [2.45, 2.75) is 13.0 Å². The maximum atomic E-state index is 9.60. The van der Waals surface area contributed by atoms with Crippen molar-refractivity contribution in [3.8, 4) is 0 Å². The molecule has 0 aromatic carbocycles. The van der Waals surface area contributed by atoms with Gasteiger partial charge >= 0.3 is 12.1 Å². The summed E-state index contributed by atoms with van der Waals surface area (Å²) >= 11 is 0. The Morgan fingerprint density at radius 3 is 2.00 bits per heavy atom. The van der Waals surface area contributed by atoms with Crippen molar-refractivity contribution in [3.05, 3.63) is 12.2 Å². The van der Waals surface area contributed by atoms with Gasteiger partial charge in [0.25, 0.3) is 0 Å². The number of carbonyl (C=O) groups is 2. The summed E-state index contributed by atoms with van der Waals surface area (Å²) in [6, 6.07) is 0. The van der Waals surface area contributed by atoms with Gasteiger partial charge in [0.2, 0.25) is 0 Å². The fraction of sp³-hybridized carbons (Fsp3) is 0.500. The van der Waals surface area contributed by atoms with Gasteiger partial charge in [0, 0.05) is 5.57 Å². The molecule has 15 heavy (non-hydrogen) atoms. The van der Waals surface area contributed by atoms with Crippen molar-refractivity contribution in [1.29, 1.82) is 0 Å². The van der Waals surface area contributed by atoms with E-state index in [9.17, 15) is 9.59 Å². The largest absolute Gasteiger partial charge is 0.505 e. The lowest BCUT2D eigenvalue weighted by Gasteiger charge is -2.03. The molecule has 0 aromatic rings. The number of carboxylic acids is 1. The Labute approximate surface area is 86.2 Å². The van der Waals surface area contributed by atoms with Crippen molar-refractivity contribution in [3.63, 3.8) is 0 Å². The summed E-state index contributed by atoms with van der Waals surface area (Å²) in [6.45, 7) is 3.73. The van der Waals surface area contributed by atoms with E-state index in [1.807, 2.05) is 0 Å². The molecular weight excluding hydrogens is 208 g/mol. The summed E-state index contributed by atoms with van der Waals surface area (Å²) in [5, 5.41) is 32.3. The van der Waals surface area contributed by atoms with Crippen molar-refractivity contribution >= 4 is 12.1 Å². The van der Waals surface area contributed by atoms with E-state index in [1.165, 1.54) is 6.92 Å². The van der Waals surface area contributed by atoms with E-state index < -0.39 is 24.8 Å². The van der Waals surface area contributed by atoms with Gasteiger partial charge in [0.05, 0.1) is 6.61 Å². The minimum atomic E-state index is -1.46. The summed E-state index contributed by atoms with van der Waals surface area (Å²) in [5.41, 5.74) is 0.176. The molecule has 0 aromatic heterocycles. The fourth-order valence-corrected chi connectivity index (χ4v) is 0.220. The number of aliphatic hydroxyl groups excluding tert-OH is 2. The lowest BCUT2D eigenvalue weighted by molar-refractivity contribution is -0.132. The van der Waals surface area contributed by atoms with E-state index in [0.717, 1.165) is 0 Å². The Hall–Kier alpha value is -1.60. The van der Waals surface area contributed by atoms with E-state index in [2.05, 4.69) is 11.3 Å². The number of rotatable bonds is 4. The highest BCUT2D eigenvalue weighted by Crippen LogP contribution is 1.83. The van der Waals surface area contributed by atoms with Crippen LogP contribution in [0.25, 0.3) is 0 Å². The first-order chi connectivity index (χ1) is 6.81. The topological polar surface area (TPSA) is 124 Å². The van der Waals surface area contributed by atoms with Gasteiger partial charge in [0.15, 0.2) is 0 Å². The Morgan fingerprint density at radius 2 is 1.80 bits per heavy atom. The standard InChI is InChI=1S/C4H8O5.C4H6O2/c5-1-3(6)2-9-4(7)8;1-3(2)4(5)6/h3,5-6H,1-2H2,(H,7,8);1H2,2H3,(H,5,6). The third kappa shape index (κ3) is 15.2. The quantitative estimate of drug-likeness (QED) is 0.379. The Morgan fingerprint density at radius 1 is 1.40 bits per heavy atom. The van der Waals surface area contributed by atoms with Gasteiger partial charge in [-0.1, -0.05) is 6.58 Å². The van der Waals surface area contributed by atoms with Crippen LogP contribution in [-0.2, 0) is 9.53 Å². The second-order valence-electron chi connectivity index (χ2n) is 2.50. The van der Waals surface area contributed by atoms with Crippen LogP contribution in [-0.4, -0.2) is 51.9 Å². The second-order valence-corrected chi connectivity index (χ2v) is 2.50. The van der Waals surface area contributed by atoms with Crippen LogP contribution in [0.15, 0.2) is 12.2 Å². The first kappa shape index (κ1) is 15.9. The van der Waals surface area contributed by atoms with E-state index >= 15 is 0 Å². The van der Waals surface area contributed by atoms with Gasteiger partial charge < -0.3 is 25.2 Å². The average Bonchev–Trinajstić information content (AvgIpc) is 2.14. The molecule has 1 unspecified atom stereocenters. The van der Waals surface area contributed by atoms with E-state index in [0.29, 0.717) is 0 Å². The highest BCUT2D eigenvalue weighted by molar-refractivity contribution is 5.84. The van der Waals surface area contributed by atoms with Gasteiger partial charge in [0.1, 0.15) is 12.7 Å². The SMILES string of the molecule is C=C(C)C(=O)O.O=C(O)OCC(O)CO. The molecule has 7 heteroatoms. The average molecular weight is 222 g/mol. The van der Waals surface area contributed by atoms with Gasteiger partial charge in [-0.2, -0.15) is 0 Å². The summed E-state index contributed by atoms with van der Waals surface area (Å²) in [4.78, 5) is 19.2. The summed E-state index contributed by atoms with van der Waals surface area (Å²) in [5.74, 6) is -0.935. The molecule has 7 nitrogen and oxygen atoms in total. The first-order valence-corrected chi connectivity index (χ1v) is 3.84. The number of aliphatic carboxylic acids is 1. The van der Waals surface area contributed by atoms with Crippen LogP contribution in [0.1, 0.15) is 6.92 Å². The number of aliphatic hydroxyl groups is 2. The van der Waals surface area contributed by atoms with Crippen molar-refractivity contribution < 1.29 is 34.8 Å².